The molecule has 0 aliphatic rings. The molecule has 8 heteroatoms. The van der Waals surface area contributed by atoms with Gasteiger partial charge in [-0.05, 0) is 19.7 Å². The molecule has 0 spiro atoms. The average molecular weight is 272 g/mol. The number of carbonyl (C=O) groups is 2. The molecule has 0 heterocycles. The maximum Gasteiger partial charge on any atom is 0.292 e. The molecule has 0 saturated heterocycles. The van der Waals surface area contributed by atoms with Crippen molar-refractivity contribution in [1.29, 1.82) is 0 Å². The summed E-state index contributed by atoms with van der Waals surface area (Å²) in [5.74, 6) is 0. The van der Waals surface area contributed by atoms with Gasteiger partial charge in [-0.25, -0.2) is 0 Å². The molecule has 0 unspecified atom stereocenters. The summed E-state index contributed by atoms with van der Waals surface area (Å²) < 4.78 is 0. The van der Waals surface area contributed by atoms with Crippen LogP contribution in [0.15, 0.2) is 0 Å². The predicted molar refractivity (Wildman–Crippen MR) is 68.5 cm³/mol. The maximum absolute atomic E-state index is 11.1. The Morgan fingerprint density at radius 3 is 1.29 bits per heavy atom. The lowest BCUT2D eigenvalue weighted by molar-refractivity contribution is 0.241. The first kappa shape index (κ1) is 14.3. The molecule has 4 nitrogen and oxygen atoms in total. The van der Waals surface area contributed by atoms with Gasteiger partial charge in [0.15, 0.2) is 0 Å². The van der Waals surface area contributed by atoms with Crippen molar-refractivity contribution in [1.82, 2.24) is 9.80 Å². The van der Waals surface area contributed by atoms with Crippen LogP contribution in [0.4, 0.5) is 9.59 Å². The second-order valence-electron chi connectivity index (χ2n) is 2.62. The molecule has 0 N–H and O–H groups in total. The molecule has 82 valence electrons. The fourth-order valence-electron chi connectivity index (χ4n) is 0.235. The predicted octanol–water partition coefficient (Wildman–Crippen LogP) is 3.03. The topological polar surface area (TPSA) is 40.6 Å². The van der Waals surface area contributed by atoms with Crippen LogP contribution < -0.4 is 0 Å². The van der Waals surface area contributed by atoms with E-state index in [0.717, 1.165) is 21.6 Å². The van der Waals surface area contributed by atoms with Crippen LogP contribution in [0, 0.1) is 0 Å². The van der Waals surface area contributed by atoms with Gasteiger partial charge in [0.25, 0.3) is 10.5 Å². The second kappa shape index (κ2) is 7.61. The van der Waals surface area contributed by atoms with Gasteiger partial charge in [-0.1, -0.05) is 0 Å². The number of carbonyl (C=O) groups excluding carboxylic acids is 2. The van der Waals surface area contributed by atoms with E-state index in [-0.39, 0.29) is 10.5 Å². The molecule has 0 atom stereocenters. The second-order valence-corrected chi connectivity index (χ2v) is 8.19. The van der Waals surface area contributed by atoms with E-state index in [9.17, 15) is 9.59 Å². The van der Waals surface area contributed by atoms with E-state index in [1.807, 2.05) is 0 Å². The summed E-state index contributed by atoms with van der Waals surface area (Å²) in [6, 6.07) is 0. The van der Waals surface area contributed by atoms with Gasteiger partial charge in [-0.15, -0.1) is 0 Å². The van der Waals surface area contributed by atoms with Gasteiger partial charge in [0, 0.05) is 49.8 Å². The van der Waals surface area contributed by atoms with E-state index in [1.165, 1.54) is 29.5 Å². The fraction of sp³-hybridized carbons (Fsp3) is 0.667. The summed E-state index contributed by atoms with van der Waals surface area (Å²) >= 11 is 0. The summed E-state index contributed by atoms with van der Waals surface area (Å²) in [6.07, 6.45) is 0. The van der Waals surface area contributed by atoms with Crippen molar-refractivity contribution in [2.45, 2.75) is 0 Å². The van der Waals surface area contributed by atoms with Crippen LogP contribution >= 0.6 is 41.2 Å². The first-order chi connectivity index (χ1) is 6.45. The van der Waals surface area contributed by atoms with Crippen LogP contribution in [0.25, 0.3) is 0 Å². The lowest BCUT2D eigenvalue weighted by Crippen LogP contribution is -2.15. The molecule has 0 aromatic heterocycles. The minimum atomic E-state index is -0.0274. The SMILES string of the molecule is CN(C)C(=O)SSSSC(=O)N(C)C. The highest BCUT2D eigenvalue weighted by Gasteiger charge is 2.09. The zero-order valence-electron chi connectivity index (χ0n) is 8.34. The highest BCUT2D eigenvalue weighted by molar-refractivity contribution is 9.28. The molecule has 0 radical (unpaired) electrons. The number of nitrogens with zero attached hydrogens (tertiary/aromatic N) is 2. The van der Waals surface area contributed by atoms with Crippen molar-refractivity contribution in [2.75, 3.05) is 28.2 Å². The van der Waals surface area contributed by atoms with Gasteiger partial charge in [-0.2, -0.15) is 0 Å². The van der Waals surface area contributed by atoms with Gasteiger partial charge in [0.2, 0.25) is 0 Å². The van der Waals surface area contributed by atoms with Crippen molar-refractivity contribution in [2.24, 2.45) is 0 Å². The Balaban J connectivity index is 3.48. The van der Waals surface area contributed by atoms with Crippen molar-refractivity contribution >= 4 is 51.7 Å². The Hall–Kier alpha value is 0.340. The summed E-state index contributed by atoms with van der Waals surface area (Å²) in [6.45, 7) is 0. The molecule has 0 saturated carbocycles. The standard InChI is InChI=1S/C6H12N2O2S4/c1-7(2)5(9)11-13-14-12-6(10)8(3)4/h1-4H3. The average Bonchev–Trinajstić information content (AvgIpc) is 2.11. The van der Waals surface area contributed by atoms with Crippen molar-refractivity contribution in [3.63, 3.8) is 0 Å². The molecule has 0 aliphatic carbocycles. The Morgan fingerprint density at radius 2 is 1.07 bits per heavy atom. The molecule has 2 amide bonds. The van der Waals surface area contributed by atoms with E-state index in [2.05, 4.69) is 0 Å². The van der Waals surface area contributed by atoms with E-state index < -0.39 is 0 Å². The number of hydrogen-bond donors (Lipinski definition) is 0. The largest absolute Gasteiger partial charge is 0.339 e. The summed E-state index contributed by atoms with van der Waals surface area (Å²) in [4.78, 5) is 25.1. The Kier molecular flexibility index (Phi) is 7.79. The van der Waals surface area contributed by atoms with Crippen molar-refractivity contribution in [3.8, 4) is 0 Å². The summed E-state index contributed by atoms with van der Waals surface area (Å²) in [5, 5.41) is -0.0548. The fourth-order valence-corrected chi connectivity index (χ4v) is 5.16. The number of hydrogen-bond acceptors (Lipinski definition) is 6. The molecular formula is C6H12N2O2S4. The lowest BCUT2D eigenvalue weighted by Gasteiger charge is -2.09. The van der Waals surface area contributed by atoms with Crippen LogP contribution in [0.3, 0.4) is 0 Å². The molecule has 0 rings (SSSR count). The minimum absolute atomic E-state index is 0.0274. The maximum atomic E-state index is 11.1. The molecule has 14 heavy (non-hydrogen) atoms. The van der Waals surface area contributed by atoms with Gasteiger partial charge < -0.3 is 9.80 Å². The molecular weight excluding hydrogens is 260 g/mol. The number of amides is 2. The first-order valence-electron chi connectivity index (χ1n) is 3.55. The third kappa shape index (κ3) is 6.74. The zero-order chi connectivity index (χ0) is 11.1. The quantitative estimate of drug-likeness (QED) is 0.581. The smallest absolute Gasteiger partial charge is 0.292 e. The Morgan fingerprint density at radius 1 is 0.786 bits per heavy atom. The Labute approximate surface area is 99.1 Å². The van der Waals surface area contributed by atoms with E-state index in [1.54, 1.807) is 28.2 Å². The van der Waals surface area contributed by atoms with Crippen LogP contribution in [0.2, 0.25) is 0 Å². The zero-order valence-corrected chi connectivity index (χ0v) is 11.6. The van der Waals surface area contributed by atoms with Crippen LogP contribution in [-0.2, 0) is 0 Å². The van der Waals surface area contributed by atoms with E-state index in [0.29, 0.717) is 0 Å². The first-order valence-corrected chi connectivity index (χ1v) is 8.37. The van der Waals surface area contributed by atoms with Gasteiger partial charge in [0.05, 0.1) is 0 Å². The van der Waals surface area contributed by atoms with E-state index in [4.69, 9.17) is 0 Å². The summed E-state index contributed by atoms with van der Waals surface area (Å²) in [7, 11) is 11.6. The molecule has 0 aliphatic heterocycles. The molecule has 0 aromatic rings. The number of rotatable bonds is 3. The monoisotopic (exact) mass is 272 g/mol. The van der Waals surface area contributed by atoms with Crippen molar-refractivity contribution in [3.05, 3.63) is 0 Å². The molecule has 0 bridgehead atoms. The lowest BCUT2D eigenvalue weighted by atomic mass is 11.0. The minimum Gasteiger partial charge on any atom is -0.339 e. The summed E-state index contributed by atoms with van der Waals surface area (Å²) in [5.41, 5.74) is 0. The van der Waals surface area contributed by atoms with Crippen LogP contribution in [-0.4, -0.2) is 48.5 Å². The molecule has 0 fully saturated rings. The van der Waals surface area contributed by atoms with Gasteiger partial charge in [0.1, 0.15) is 0 Å². The normalized spacial score (nSPS) is 9.71. The third-order valence-electron chi connectivity index (χ3n) is 0.969. The van der Waals surface area contributed by atoms with Crippen LogP contribution in [0.5, 0.6) is 0 Å². The Bertz CT molecular complexity index is 188. The third-order valence-corrected chi connectivity index (χ3v) is 6.83. The van der Waals surface area contributed by atoms with Gasteiger partial charge in [-0.3, -0.25) is 9.59 Å². The highest BCUT2D eigenvalue weighted by atomic mass is 33.7. The highest BCUT2D eigenvalue weighted by Crippen LogP contribution is 2.44. The molecule has 0 aromatic carbocycles. The van der Waals surface area contributed by atoms with Gasteiger partial charge >= 0.3 is 0 Å². The van der Waals surface area contributed by atoms with Crippen molar-refractivity contribution < 1.29 is 9.59 Å². The van der Waals surface area contributed by atoms with Crippen LogP contribution in [0.1, 0.15) is 0 Å². The van der Waals surface area contributed by atoms with E-state index >= 15 is 0 Å².